The minimum atomic E-state index is -0.781. The van der Waals surface area contributed by atoms with E-state index in [2.05, 4.69) is 15.5 Å². The summed E-state index contributed by atoms with van der Waals surface area (Å²) in [6, 6.07) is 12.8. The molecule has 0 aliphatic carbocycles. The van der Waals surface area contributed by atoms with Crippen LogP contribution in [0.3, 0.4) is 0 Å². The lowest BCUT2D eigenvalue weighted by Crippen LogP contribution is -2.47. The van der Waals surface area contributed by atoms with Crippen LogP contribution >= 0.6 is 11.3 Å². The van der Waals surface area contributed by atoms with Crippen LogP contribution in [0.2, 0.25) is 0 Å². The van der Waals surface area contributed by atoms with E-state index in [0.29, 0.717) is 16.3 Å². The fraction of sp³-hybridized carbons (Fsp3) is 0.290. The van der Waals surface area contributed by atoms with Gasteiger partial charge in [0.2, 0.25) is 5.88 Å². The Balaban J connectivity index is 1.78. The summed E-state index contributed by atoms with van der Waals surface area (Å²) in [4.78, 5) is 30.3. The highest BCUT2D eigenvalue weighted by Crippen LogP contribution is 2.51. The number of nitrogen functional groups attached to an aromatic ring is 1. The molecular formula is C31H32F2N6O4S. The normalized spacial score (nSPS) is 13.8. The molecule has 0 radical (unpaired) electrons. The zero-order valence-electron chi connectivity index (χ0n) is 24.9. The predicted octanol–water partition coefficient (Wildman–Crippen LogP) is 6.66. The predicted molar refractivity (Wildman–Crippen MR) is 165 cm³/mol. The van der Waals surface area contributed by atoms with Gasteiger partial charge >= 0.3 is 12.1 Å². The summed E-state index contributed by atoms with van der Waals surface area (Å²) >= 11 is 1.29. The average Bonchev–Trinajstić information content (AvgIpc) is 3.36. The first kappa shape index (κ1) is 30.7. The van der Waals surface area contributed by atoms with Crippen molar-refractivity contribution in [3.63, 3.8) is 0 Å². The van der Waals surface area contributed by atoms with Gasteiger partial charge < -0.3 is 20.5 Å². The van der Waals surface area contributed by atoms with Crippen LogP contribution in [-0.2, 0) is 17.8 Å². The third-order valence-electron chi connectivity index (χ3n) is 7.31. The number of nitrogens with zero attached hydrogens (tertiary/aromatic N) is 4. The molecule has 0 saturated carbocycles. The van der Waals surface area contributed by atoms with Gasteiger partial charge in [0, 0.05) is 33.3 Å². The molecular weight excluding hydrogens is 590 g/mol. The van der Waals surface area contributed by atoms with Crippen LogP contribution < -0.4 is 25.6 Å². The maximum atomic E-state index is 15.0. The van der Waals surface area contributed by atoms with Gasteiger partial charge in [-0.15, -0.1) is 21.5 Å². The molecule has 3 N–H and O–H groups in total. The summed E-state index contributed by atoms with van der Waals surface area (Å²) in [5, 5.41) is 11.7. The molecule has 1 aliphatic heterocycles. The monoisotopic (exact) mass is 622 g/mol. The number of rotatable bonds is 7. The van der Waals surface area contributed by atoms with Gasteiger partial charge in [-0.3, -0.25) is 9.80 Å². The maximum Gasteiger partial charge on any atom is 0.407 e. The number of carbonyl (C=O) groups excluding carboxylic acids is 2. The number of fused-ring (bicyclic) bond motifs is 1. The highest BCUT2D eigenvalue weighted by molar-refractivity contribution is 7.20. The number of benzene rings is 2. The number of thiophene rings is 1. The molecule has 3 heterocycles. The van der Waals surface area contributed by atoms with Gasteiger partial charge in [0.1, 0.15) is 16.6 Å². The zero-order valence-corrected chi connectivity index (χ0v) is 25.7. The van der Waals surface area contributed by atoms with Crippen molar-refractivity contribution >= 4 is 40.0 Å². The third-order valence-corrected chi connectivity index (χ3v) is 8.63. The average molecular weight is 623 g/mol. The molecule has 0 fully saturated rings. The number of amides is 3. The Kier molecular flexibility index (Phi) is 8.42. The van der Waals surface area contributed by atoms with E-state index in [4.69, 9.17) is 15.2 Å². The molecule has 230 valence electrons. The number of hydrogen-bond donors (Lipinski definition) is 2. The lowest BCUT2D eigenvalue weighted by Gasteiger charge is -2.37. The largest absolute Gasteiger partial charge is 0.480 e. The molecule has 13 heteroatoms. The van der Waals surface area contributed by atoms with E-state index in [1.165, 1.54) is 41.4 Å². The Morgan fingerprint density at radius 3 is 2.32 bits per heavy atom. The van der Waals surface area contributed by atoms with E-state index in [9.17, 15) is 18.4 Å². The van der Waals surface area contributed by atoms with E-state index in [1.807, 2.05) is 32.9 Å². The summed E-state index contributed by atoms with van der Waals surface area (Å²) in [5.41, 5.74) is 7.93. The standard InChI is InChI=1S/C31H32F2N6O4S/c1-31(2,3)27(35-29(40)43-5)25-20-16-38(23-13-14-24(42-4)37-36-23)30(41)39(15-19-21(32)7-6-8-22(19)33)28(20)44-26(25)17-9-11-18(34)12-10-17/h6-14,27H,15-16,34H2,1-5H3,(H,35,40). The molecule has 44 heavy (non-hydrogen) atoms. The number of urea groups is 1. The van der Waals surface area contributed by atoms with Crippen LogP contribution in [0.1, 0.15) is 43.5 Å². The molecule has 5 rings (SSSR count). The Morgan fingerprint density at radius 1 is 1.07 bits per heavy atom. The molecule has 10 nitrogen and oxygen atoms in total. The van der Waals surface area contributed by atoms with E-state index in [1.54, 1.807) is 24.3 Å². The number of hydrogen-bond acceptors (Lipinski definition) is 8. The summed E-state index contributed by atoms with van der Waals surface area (Å²) < 4.78 is 40.1. The maximum absolute atomic E-state index is 15.0. The summed E-state index contributed by atoms with van der Waals surface area (Å²) in [7, 11) is 2.73. The molecule has 0 spiro atoms. The second-order valence-corrected chi connectivity index (χ2v) is 12.3. The van der Waals surface area contributed by atoms with Crippen LogP contribution in [0.5, 0.6) is 5.88 Å². The first-order valence-electron chi connectivity index (χ1n) is 13.7. The molecule has 0 bridgehead atoms. The van der Waals surface area contributed by atoms with Crippen LogP contribution in [0.25, 0.3) is 10.4 Å². The molecule has 4 aromatic rings. The van der Waals surface area contributed by atoms with Gasteiger partial charge in [-0.1, -0.05) is 39.0 Å². The minimum absolute atomic E-state index is 0.0433. The van der Waals surface area contributed by atoms with Gasteiger partial charge in [-0.05, 0) is 41.3 Å². The lowest BCUT2D eigenvalue weighted by atomic mass is 9.80. The number of nitrogens with two attached hydrogens (primary N) is 1. The van der Waals surface area contributed by atoms with Crippen LogP contribution in [0.4, 0.5) is 34.9 Å². The summed E-state index contributed by atoms with van der Waals surface area (Å²) in [6.07, 6.45) is -0.636. The number of halogens is 2. The molecule has 1 aliphatic rings. The van der Waals surface area contributed by atoms with Crippen molar-refractivity contribution in [2.24, 2.45) is 5.41 Å². The number of carbonyl (C=O) groups is 2. The number of ether oxygens (including phenoxy) is 2. The van der Waals surface area contributed by atoms with Gasteiger partial charge in [0.25, 0.3) is 0 Å². The Morgan fingerprint density at radius 2 is 1.75 bits per heavy atom. The van der Waals surface area contributed by atoms with Crippen molar-refractivity contribution in [2.45, 2.75) is 39.9 Å². The lowest BCUT2D eigenvalue weighted by molar-refractivity contribution is 0.154. The number of alkyl carbamates (subject to hydrolysis) is 1. The van der Waals surface area contributed by atoms with E-state index >= 15 is 0 Å². The summed E-state index contributed by atoms with van der Waals surface area (Å²) in [6.45, 7) is 5.56. The first-order chi connectivity index (χ1) is 20.9. The van der Waals surface area contributed by atoms with Crippen molar-refractivity contribution in [3.05, 3.63) is 82.9 Å². The van der Waals surface area contributed by atoms with E-state index < -0.39 is 41.8 Å². The van der Waals surface area contributed by atoms with Gasteiger partial charge in [0.15, 0.2) is 5.82 Å². The molecule has 2 aromatic carbocycles. The van der Waals surface area contributed by atoms with Crippen LogP contribution in [0.15, 0.2) is 54.6 Å². The van der Waals surface area contributed by atoms with Crippen molar-refractivity contribution in [1.29, 1.82) is 0 Å². The Hall–Kier alpha value is -4.78. The first-order valence-corrected chi connectivity index (χ1v) is 14.5. The van der Waals surface area contributed by atoms with Crippen molar-refractivity contribution in [2.75, 3.05) is 29.8 Å². The fourth-order valence-corrected chi connectivity index (χ4v) is 6.42. The molecule has 1 unspecified atom stereocenters. The molecule has 0 saturated heterocycles. The Labute approximate surface area is 257 Å². The minimum Gasteiger partial charge on any atom is -0.480 e. The molecule has 1 atom stereocenters. The fourth-order valence-electron chi connectivity index (χ4n) is 5.07. The number of methoxy groups -OCH3 is 2. The summed E-state index contributed by atoms with van der Waals surface area (Å²) in [5.74, 6) is -1.10. The van der Waals surface area contributed by atoms with Crippen LogP contribution in [-0.4, -0.2) is 36.5 Å². The van der Waals surface area contributed by atoms with Crippen LogP contribution in [0, 0.1) is 17.0 Å². The number of anilines is 3. The van der Waals surface area contributed by atoms with Gasteiger partial charge in [-0.25, -0.2) is 18.4 Å². The van der Waals surface area contributed by atoms with Crippen molar-refractivity contribution in [1.82, 2.24) is 15.5 Å². The highest BCUT2D eigenvalue weighted by atomic mass is 32.1. The zero-order chi connectivity index (χ0) is 31.8. The van der Waals surface area contributed by atoms with Crippen molar-refractivity contribution in [3.8, 4) is 16.3 Å². The highest BCUT2D eigenvalue weighted by Gasteiger charge is 2.42. The molecule has 3 amide bonds. The van der Waals surface area contributed by atoms with E-state index in [0.717, 1.165) is 28.1 Å². The van der Waals surface area contributed by atoms with Crippen molar-refractivity contribution < 1.29 is 27.8 Å². The third kappa shape index (κ3) is 5.87. The number of nitrogens with one attached hydrogen (secondary N) is 1. The Bertz CT molecular complexity index is 1670. The van der Waals surface area contributed by atoms with E-state index in [-0.39, 0.29) is 23.8 Å². The second kappa shape index (κ2) is 12.1. The molecule has 2 aromatic heterocycles. The quantitative estimate of drug-likeness (QED) is 0.221. The second-order valence-electron chi connectivity index (χ2n) is 11.3. The smallest absolute Gasteiger partial charge is 0.407 e. The van der Waals surface area contributed by atoms with Gasteiger partial charge in [-0.2, -0.15) is 0 Å². The topological polar surface area (TPSA) is 123 Å². The SMILES string of the molecule is COC(=O)NC(c1c(-c2ccc(N)cc2)sc2c1CN(c1ccc(OC)nn1)C(=O)N2Cc1c(F)cccc1F)C(C)(C)C. The number of aromatic nitrogens is 2. The van der Waals surface area contributed by atoms with Gasteiger partial charge in [0.05, 0.1) is 33.4 Å².